The van der Waals surface area contributed by atoms with Gasteiger partial charge in [-0.3, -0.25) is 0 Å². The second-order valence-corrected chi connectivity index (χ2v) is 6.96. The Morgan fingerprint density at radius 1 is 0.800 bits per heavy atom. The summed E-state index contributed by atoms with van der Waals surface area (Å²) in [5.41, 5.74) is 2.38. The molecule has 3 nitrogen and oxygen atoms in total. The van der Waals surface area contributed by atoms with Crippen molar-refractivity contribution in [3.8, 4) is 0 Å². The molecule has 0 aliphatic carbocycles. The van der Waals surface area contributed by atoms with Gasteiger partial charge in [0, 0.05) is 31.0 Å². The molecule has 0 saturated carbocycles. The quantitative estimate of drug-likeness (QED) is 0.368. The zero-order chi connectivity index (χ0) is 18.2. The van der Waals surface area contributed by atoms with E-state index in [9.17, 15) is 0 Å². The van der Waals surface area contributed by atoms with Crippen molar-refractivity contribution in [3.05, 3.63) is 24.3 Å². The summed E-state index contributed by atoms with van der Waals surface area (Å²) < 4.78 is 0. The number of aliphatic hydroxyl groups excluding tert-OH is 1. The van der Waals surface area contributed by atoms with Crippen molar-refractivity contribution in [3.63, 3.8) is 0 Å². The standard InChI is InChI=1S/C22H40N2O/c1-3-5-6-7-8-9-10-11-12-13-18-23-21-14-16-22(17-15-21)24(4-2)19-20-25/h14-17,23,25H,3-13,18-20H2,1-2H3. The largest absolute Gasteiger partial charge is 0.395 e. The van der Waals surface area contributed by atoms with Gasteiger partial charge in [-0.1, -0.05) is 64.7 Å². The van der Waals surface area contributed by atoms with E-state index < -0.39 is 0 Å². The summed E-state index contributed by atoms with van der Waals surface area (Å²) in [6.07, 6.45) is 13.8. The van der Waals surface area contributed by atoms with Gasteiger partial charge in [-0.15, -0.1) is 0 Å². The summed E-state index contributed by atoms with van der Waals surface area (Å²) >= 11 is 0. The van der Waals surface area contributed by atoms with Gasteiger partial charge in [0.15, 0.2) is 0 Å². The number of hydrogen-bond donors (Lipinski definition) is 2. The number of aliphatic hydroxyl groups is 1. The van der Waals surface area contributed by atoms with Crippen molar-refractivity contribution in [2.75, 3.05) is 36.5 Å². The first kappa shape index (κ1) is 21.8. The van der Waals surface area contributed by atoms with Crippen LogP contribution in [0.4, 0.5) is 11.4 Å². The van der Waals surface area contributed by atoms with Gasteiger partial charge in [0.2, 0.25) is 0 Å². The molecule has 144 valence electrons. The molecular weight excluding hydrogens is 308 g/mol. The van der Waals surface area contributed by atoms with E-state index in [1.807, 2.05) is 0 Å². The fourth-order valence-electron chi connectivity index (χ4n) is 3.23. The normalized spacial score (nSPS) is 10.8. The fraction of sp³-hybridized carbons (Fsp3) is 0.727. The molecule has 0 saturated heterocycles. The van der Waals surface area contributed by atoms with Crippen molar-refractivity contribution in [2.24, 2.45) is 0 Å². The maximum atomic E-state index is 9.10. The molecule has 0 aromatic heterocycles. The second kappa shape index (κ2) is 15.1. The number of benzene rings is 1. The Labute approximate surface area is 155 Å². The highest BCUT2D eigenvalue weighted by atomic mass is 16.3. The maximum Gasteiger partial charge on any atom is 0.0606 e. The lowest BCUT2D eigenvalue weighted by atomic mass is 10.1. The number of unbranched alkanes of at least 4 members (excludes halogenated alkanes) is 9. The van der Waals surface area contributed by atoms with Gasteiger partial charge < -0.3 is 15.3 Å². The number of hydrogen-bond acceptors (Lipinski definition) is 3. The molecule has 0 bridgehead atoms. The first-order valence-corrected chi connectivity index (χ1v) is 10.5. The van der Waals surface area contributed by atoms with E-state index >= 15 is 0 Å². The minimum Gasteiger partial charge on any atom is -0.395 e. The molecule has 0 amide bonds. The van der Waals surface area contributed by atoms with Gasteiger partial charge in [-0.05, 0) is 37.6 Å². The van der Waals surface area contributed by atoms with E-state index in [1.54, 1.807) is 0 Å². The molecule has 0 aliphatic heterocycles. The van der Waals surface area contributed by atoms with E-state index in [0.29, 0.717) is 6.54 Å². The highest BCUT2D eigenvalue weighted by Crippen LogP contribution is 2.18. The van der Waals surface area contributed by atoms with Crippen molar-refractivity contribution < 1.29 is 5.11 Å². The summed E-state index contributed by atoms with van der Waals surface area (Å²) in [5.74, 6) is 0. The van der Waals surface area contributed by atoms with Crippen LogP contribution in [0.25, 0.3) is 0 Å². The first-order valence-electron chi connectivity index (χ1n) is 10.5. The van der Waals surface area contributed by atoms with Crippen LogP contribution in [0.1, 0.15) is 78.1 Å². The minimum atomic E-state index is 0.201. The lowest BCUT2D eigenvalue weighted by Crippen LogP contribution is -2.25. The van der Waals surface area contributed by atoms with Crippen LogP contribution in [0.2, 0.25) is 0 Å². The van der Waals surface area contributed by atoms with Crippen LogP contribution < -0.4 is 10.2 Å². The van der Waals surface area contributed by atoms with Gasteiger partial charge in [0.25, 0.3) is 0 Å². The third kappa shape index (κ3) is 10.4. The summed E-state index contributed by atoms with van der Waals surface area (Å²) in [5, 5.41) is 12.6. The van der Waals surface area contributed by atoms with Crippen LogP contribution in [-0.4, -0.2) is 31.3 Å². The van der Waals surface area contributed by atoms with E-state index in [1.165, 1.54) is 75.6 Å². The third-order valence-corrected chi connectivity index (χ3v) is 4.84. The molecule has 1 rings (SSSR count). The van der Waals surface area contributed by atoms with E-state index in [2.05, 4.69) is 48.3 Å². The number of rotatable bonds is 16. The average Bonchev–Trinajstić information content (AvgIpc) is 2.65. The van der Waals surface area contributed by atoms with Crippen LogP contribution >= 0.6 is 0 Å². The number of nitrogens with one attached hydrogen (secondary N) is 1. The summed E-state index contributed by atoms with van der Waals surface area (Å²) in [6, 6.07) is 8.57. The highest BCUT2D eigenvalue weighted by molar-refractivity contribution is 5.55. The van der Waals surface area contributed by atoms with Gasteiger partial charge >= 0.3 is 0 Å². The molecule has 0 heterocycles. The average molecular weight is 349 g/mol. The molecular formula is C22H40N2O. The van der Waals surface area contributed by atoms with E-state index in [4.69, 9.17) is 5.11 Å². The zero-order valence-electron chi connectivity index (χ0n) is 16.6. The van der Waals surface area contributed by atoms with E-state index in [0.717, 1.165) is 13.1 Å². The summed E-state index contributed by atoms with van der Waals surface area (Å²) in [4.78, 5) is 2.19. The highest BCUT2D eigenvalue weighted by Gasteiger charge is 2.03. The Morgan fingerprint density at radius 3 is 1.88 bits per heavy atom. The maximum absolute atomic E-state index is 9.10. The fourth-order valence-corrected chi connectivity index (χ4v) is 3.23. The predicted octanol–water partition coefficient (Wildman–Crippen LogP) is 5.84. The molecule has 0 fully saturated rings. The molecule has 0 spiro atoms. The van der Waals surface area contributed by atoms with Crippen molar-refractivity contribution >= 4 is 11.4 Å². The minimum absolute atomic E-state index is 0.201. The summed E-state index contributed by atoms with van der Waals surface area (Å²) in [6.45, 7) is 7.27. The van der Waals surface area contributed by atoms with E-state index in [-0.39, 0.29) is 6.61 Å². The van der Waals surface area contributed by atoms with Crippen molar-refractivity contribution in [2.45, 2.75) is 78.1 Å². The molecule has 0 unspecified atom stereocenters. The Hall–Kier alpha value is -1.22. The molecule has 2 N–H and O–H groups in total. The molecule has 1 aromatic rings. The molecule has 1 aromatic carbocycles. The molecule has 0 aliphatic rings. The Balaban J connectivity index is 2.04. The van der Waals surface area contributed by atoms with Crippen molar-refractivity contribution in [1.82, 2.24) is 0 Å². The van der Waals surface area contributed by atoms with Crippen LogP contribution in [-0.2, 0) is 0 Å². The Kier molecular flexibility index (Phi) is 13.2. The zero-order valence-corrected chi connectivity index (χ0v) is 16.6. The molecule has 0 radical (unpaired) electrons. The first-order chi connectivity index (χ1) is 12.3. The van der Waals surface area contributed by atoms with Crippen LogP contribution in [0, 0.1) is 0 Å². The number of nitrogens with zero attached hydrogens (tertiary/aromatic N) is 1. The van der Waals surface area contributed by atoms with Crippen molar-refractivity contribution in [1.29, 1.82) is 0 Å². The second-order valence-electron chi connectivity index (χ2n) is 6.96. The molecule has 3 heteroatoms. The lowest BCUT2D eigenvalue weighted by molar-refractivity contribution is 0.302. The Bertz CT molecular complexity index is 405. The third-order valence-electron chi connectivity index (χ3n) is 4.84. The summed E-state index contributed by atoms with van der Waals surface area (Å²) in [7, 11) is 0. The van der Waals surface area contributed by atoms with Gasteiger partial charge in [-0.25, -0.2) is 0 Å². The Morgan fingerprint density at radius 2 is 1.36 bits per heavy atom. The topological polar surface area (TPSA) is 35.5 Å². The van der Waals surface area contributed by atoms with Gasteiger partial charge in [-0.2, -0.15) is 0 Å². The lowest BCUT2D eigenvalue weighted by Gasteiger charge is -2.22. The van der Waals surface area contributed by atoms with Crippen LogP contribution in [0.3, 0.4) is 0 Å². The predicted molar refractivity (Wildman–Crippen MR) is 112 cm³/mol. The SMILES string of the molecule is CCCCCCCCCCCCNc1ccc(N(CC)CCO)cc1. The smallest absolute Gasteiger partial charge is 0.0606 e. The van der Waals surface area contributed by atoms with Crippen LogP contribution in [0.5, 0.6) is 0 Å². The molecule has 0 atom stereocenters. The monoisotopic (exact) mass is 348 g/mol. The van der Waals surface area contributed by atoms with Crippen LogP contribution in [0.15, 0.2) is 24.3 Å². The number of anilines is 2. The van der Waals surface area contributed by atoms with Gasteiger partial charge in [0.05, 0.1) is 6.61 Å². The number of likely N-dealkylation sites (N-methyl/N-ethyl adjacent to an activating group) is 1. The molecule has 25 heavy (non-hydrogen) atoms. The van der Waals surface area contributed by atoms with Gasteiger partial charge in [0.1, 0.15) is 0 Å².